The standard InChI is InChI=1S/C13H14N2O2S/c1-9-3-4-12(11(7-16)15-9)17-6-5-13-10(2)14-8-18-13/h3-4,7-8H,5-6H2,1-2H3. The molecule has 0 saturated heterocycles. The molecule has 0 N–H and O–H groups in total. The summed E-state index contributed by atoms with van der Waals surface area (Å²) in [6.07, 6.45) is 1.52. The molecule has 0 amide bonds. The Kier molecular flexibility index (Phi) is 4.04. The van der Waals surface area contributed by atoms with Crippen LogP contribution in [0.5, 0.6) is 5.75 Å². The molecule has 0 bridgehead atoms. The van der Waals surface area contributed by atoms with Gasteiger partial charge in [0.15, 0.2) is 6.29 Å². The SMILES string of the molecule is Cc1ccc(OCCc2scnc2C)c(C=O)n1. The summed E-state index contributed by atoms with van der Waals surface area (Å²) in [5, 5.41) is 0. The van der Waals surface area contributed by atoms with Crippen LogP contribution in [0.4, 0.5) is 0 Å². The van der Waals surface area contributed by atoms with Crippen LogP contribution in [0.1, 0.15) is 26.8 Å². The predicted molar refractivity (Wildman–Crippen MR) is 70.4 cm³/mol. The van der Waals surface area contributed by atoms with Gasteiger partial charge in [0.25, 0.3) is 0 Å². The first-order valence-corrected chi connectivity index (χ1v) is 6.53. The molecule has 18 heavy (non-hydrogen) atoms. The molecule has 0 aliphatic heterocycles. The molecule has 4 nitrogen and oxygen atoms in total. The molecule has 5 heteroatoms. The Labute approximate surface area is 110 Å². The number of aryl methyl sites for hydroxylation is 2. The quantitative estimate of drug-likeness (QED) is 0.777. The predicted octanol–water partition coefficient (Wildman–Crippen LogP) is 2.59. The highest BCUT2D eigenvalue weighted by Gasteiger charge is 2.06. The van der Waals surface area contributed by atoms with Gasteiger partial charge in [0.05, 0.1) is 17.8 Å². The number of nitrogens with zero attached hydrogens (tertiary/aromatic N) is 2. The van der Waals surface area contributed by atoms with Gasteiger partial charge in [-0.15, -0.1) is 11.3 Å². The summed E-state index contributed by atoms with van der Waals surface area (Å²) in [4.78, 5) is 20.4. The van der Waals surface area contributed by atoms with Crippen LogP contribution < -0.4 is 4.74 Å². The van der Waals surface area contributed by atoms with E-state index in [1.165, 1.54) is 4.88 Å². The molecular formula is C13H14N2O2S. The summed E-state index contributed by atoms with van der Waals surface area (Å²) in [5.74, 6) is 0.540. The summed E-state index contributed by atoms with van der Waals surface area (Å²) in [6.45, 7) is 4.35. The van der Waals surface area contributed by atoms with Gasteiger partial charge < -0.3 is 4.74 Å². The second kappa shape index (κ2) is 5.73. The van der Waals surface area contributed by atoms with E-state index in [4.69, 9.17) is 4.74 Å². The molecule has 0 saturated carbocycles. The summed E-state index contributed by atoms with van der Waals surface area (Å²) >= 11 is 1.62. The van der Waals surface area contributed by atoms with Crippen LogP contribution in [-0.4, -0.2) is 22.9 Å². The van der Waals surface area contributed by atoms with Crippen LogP contribution in [-0.2, 0) is 6.42 Å². The Morgan fingerprint density at radius 2 is 2.22 bits per heavy atom. The largest absolute Gasteiger partial charge is 0.491 e. The van der Waals surface area contributed by atoms with E-state index in [1.54, 1.807) is 17.4 Å². The maximum absolute atomic E-state index is 10.9. The molecule has 2 heterocycles. The molecule has 0 spiro atoms. The topological polar surface area (TPSA) is 52.1 Å². The Balaban J connectivity index is 1.98. The van der Waals surface area contributed by atoms with Crippen molar-refractivity contribution in [3.63, 3.8) is 0 Å². The first-order valence-electron chi connectivity index (χ1n) is 5.65. The van der Waals surface area contributed by atoms with Crippen molar-refractivity contribution in [1.82, 2.24) is 9.97 Å². The maximum Gasteiger partial charge on any atom is 0.172 e. The number of pyridine rings is 1. The van der Waals surface area contributed by atoms with Gasteiger partial charge in [-0.3, -0.25) is 4.79 Å². The number of carbonyl (C=O) groups is 1. The van der Waals surface area contributed by atoms with Gasteiger partial charge in [-0.25, -0.2) is 9.97 Å². The summed E-state index contributed by atoms with van der Waals surface area (Å²) in [6, 6.07) is 3.62. The number of aldehydes is 1. The highest BCUT2D eigenvalue weighted by atomic mass is 32.1. The van der Waals surface area contributed by atoms with Gasteiger partial charge >= 0.3 is 0 Å². The van der Waals surface area contributed by atoms with Crippen molar-refractivity contribution in [2.75, 3.05) is 6.61 Å². The van der Waals surface area contributed by atoms with Gasteiger partial charge in [-0.1, -0.05) is 0 Å². The van der Waals surface area contributed by atoms with E-state index in [0.717, 1.165) is 24.1 Å². The minimum atomic E-state index is 0.357. The Bertz CT molecular complexity index is 552. The van der Waals surface area contributed by atoms with Crippen molar-refractivity contribution in [2.45, 2.75) is 20.3 Å². The van der Waals surface area contributed by atoms with Crippen molar-refractivity contribution >= 4 is 17.6 Å². The third-order valence-electron chi connectivity index (χ3n) is 2.57. The van der Waals surface area contributed by atoms with Gasteiger partial charge in [0.1, 0.15) is 11.4 Å². The van der Waals surface area contributed by atoms with E-state index in [-0.39, 0.29) is 0 Å². The lowest BCUT2D eigenvalue weighted by Gasteiger charge is -2.07. The molecule has 94 valence electrons. The molecule has 0 aliphatic carbocycles. The number of hydrogen-bond donors (Lipinski definition) is 0. The molecule has 0 aliphatic rings. The monoisotopic (exact) mass is 262 g/mol. The zero-order chi connectivity index (χ0) is 13.0. The van der Waals surface area contributed by atoms with E-state index in [1.807, 2.05) is 25.4 Å². The van der Waals surface area contributed by atoms with E-state index >= 15 is 0 Å². The third kappa shape index (κ3) is 2.92. The van der Waals surface area contributed by atoms with Crippen molar-refractivity contribution in [3.8, 4) is 5.75 Å². The van der Waals surface area contributed by atoms with E-state index in [2.05, 4.69) is 9.97 Å². The zero-order valence-electron chi connectivity index (χ0n) is 10.3. The molecular weight excluding hydrogens is 248 g/mol. The van der Waals surface area contributed by atoms with Gasteiger partial charge in [-0.05, 0) is 26.0 Å². The first kappa shape index (κ1) is 12.7. The average Bonchev–Trinajstić information content (AvgIpc) is 2.77. The van der Waals surface area contributed by atoms with E-state index in [9.17, 15) is 4.79 Å². The highest BCUT2D eigenvalue weighted by molar-refractivity contribution is 7.09. The Morgan fingerprint density at radius 3 is 2.89 bits per heavy atom. The number of thiazole rings is 1. The molecule has 0 fully saturated rings. The minimum absolute atomic E-state index is 0.357. The molecule has 0 unspecified atom stereocenters. The average molecular weight is 262 g/mol. The van der Waals surface area contributed by atoms with Crippen LogP contribution in [0.2, 0.25) is 0 Å². The molecule has 2 aromatic heterocycles. The third-order valence-corrected chi connectivity index (χ3v) is 3.56. The van der Waals surface area contributed by atoms with Crippen LogP contribution in [0.25, 0.3) is 0 Å². The number of aromatic nitrogens is 2. The summed E-state index contributed by atoms with van der Waals surface area (Å²) < 4.78 is 5.60. The van der Waals surface area contributed by atoms with Crippen molar-refractivity contribution in [1.29, 1.82) is 0 Å². The fraction of sp³-hybridized carbons (Fsp3) is 0.308. The maximum atomic E-state index is 10.9. The number of carbonyl (C=O) groups excluding carboxylic acids is 1. The van der Waals surface area contributed by atoms with Gasteiger partial charge in [0, 0.05) is 17.0 Å². The van der Waals surface area contributed by atoms with E-state index < -0.39 is 0 Å². The highest BCUT2D eigenvalue weighted by Crippen LogP contribution is 2.17. The van der Waals surface area contributed by atoms with Crippen LogP contribution in [0.3, 0.4) is 0 Å². The smallest absolute Gasteiger partial charge is 0.172 e. The normalized spacial score (nSPS) is 10.3. The fourth-order valence-corrected chi connectivity index (χ4v) is 2.35. The molecule has 2 aromatic rings. The van der Waals surface area contributed by atoms with Gasteiger partial charge in [-0.2, -0.15) is 0 Å². The van der Waals surface area contributed by atoms with Gasteiger partial charge in [0.2, 0.25) is 0 Å². The van der Waals surface area contributed by atoms with E-state index in [0.29, 0.717) is 18.1 Å². The number of hydrogen-bond acceptors (Lipinski definition) is 5. The fourth-order valence-electron chi connectivity index (χ4n) is 1.59. The van der Waals surface area contributed by atoms with Crippen LogP contribution in [0.15, 0.2) is 17.6 Å². The molecule has 0 atom stereocenters. The summed E-state index contributed by atoms with van der Waals surface area (Å²) in [7, 11) is 0. The lowest BCUT2D eigenvalue weighted by molar-refractivity contribution is 0.111. The minimum Gasteiger partial charge on any atom is -0.491 e. The number of rotatable bonds is 5. The molecule has 2 rings (SSSR count). The zero-order valence-corrected chi connectivity index (χ0v) is 11.2. The van der Waals surface area contributed by atoms with Crippen molar-refractivity contribution in [2.24, 2.45) is 0 Å². The molecule has 0 aromatic carbocycles. The van der Waals surface area contributed by atoms with Crippen molar-refractivity contribution in [3.05, 3.63) is 39.6 Å². The lowest BCUT2D eigenvalue weighted by Crippen LogP contribution is -2.04. The Hall–Kier alpha value is -1.75. The second-order valence-electron chi connectivity index (χ2n) is 3.91. The Morgan fingerprint density at radius 1 is 1.39 bits per heavy atom. The lowest BCUT2D eigenvalue weighted by atomic mass is 10.3. The van der Waals surface area contributed by atoms with Crippen molar-refractivity contribution < 1.29 is 9.53 Å². The van der Waals surface area contributed by atoms with Crippen LogP contribution >= 0.6 is 11.3 Å². The summed E-state index contributed by atoms with van der Waals surface area (Å²) in [5.41, 5.74) is 4.04. The molecule has 0 radical (unpaired) electrons. The van der Waals surface area contributed by atoms with Crippen LogP contribution in [0, 0.1) is 13.8 Å². The second-order valence-corrected chi connectivity index (χ2v) is 4.85. The number of ether oxygens (including phenoxy) is 1. The first-order chi connectivity index (χ1) is 8.70.